The Morgan fingerprint density at radius 2 is 2.04 bits per heavy atom. The first-order valence-electron chi connectivity index (χ1n) is 8.25. The summed E-state index contributed by atoms with van der Waals surface area (Å²) in [5.74, 6) is 1.89. The lowest BCUT2D eigenvalue weighted by atomic mass is 10.1. The van der Waals surface area contributed by atoms with E-state index in [1.54, 1.807) is 18.0 Å². The van der Waals surface area contributed by atoms with Gasteiger partial charge in [0.15, 0.2) is 0 Å². The van der Waals surface area contributed by atoms with Crippen LogP contribution in [0.15, 0.2) is 54.7 Å². The smallest absolute Gasteiger partial charge is 0.223 e. The van der Waals surface area contributed by atoms with Crippen molar-refractivity contribution < 1.29 is 9.53 Å². The number of hydrogen-bond donors (Lipinski definition) is 0. The Balaban J connectivity index is 1.43. The highest BCUT2D eigenvalue weighted by atomic mass is 32.2. The van der Waals surface area contributed by atoms with E-state index in [1.807, 2.05) is 41.3 Å². The Morgan fingerprint density at radius 3 is 2.83 bits per heavy atom. The maximum Gasteiger partial charge on any atom is 0.223 e. The van der Waals surface area contributed by atoms with Gasteiger partial charge in [-0.25, -0.2) is 0 Å². The van der Waals surface area contributed by atoms with Crippen molar-refractivity contribution in [2.75, 3.05) is 25.4 Å². The fourth-order valence-corrected chi connectivity index (χ4v) is 3.57. The molecule has 0 radical (unpaired) electrons. The molecule has 0 unspecified atom stereocenters. The van der Waals surface area contributed by atoms with Crippen molar-refractivity contribution >= 4 is 17.7 Å². The first-order valence-corrected chi connectivity index (χ1v) is 9.40. The second kappa shape index (κ2) is 8.85. The lowest BCUT2D eigenvalue weighted by Gasteiger charge is -2.33. The maximum atomic E-state index is 12.4. The van der Waals surface area contributed by atoms with Crippen molar-refractivity contribution in [2.24, 2.45) is 0 Å². The van der Waals surface area contributed by atoms with Crippen LogP contribution in [-0.4, -0.2) is 41.2 Å². The summed E-state index contributed by atoms with van der Waals surface area (Å²) in [7, 11) is 0. The molecule has 0 aliphatic carbocycles. The van der Waals surface area contributed by atoms with Crippen molar-refractivity contribution in [3.63, 3.8) is 0 Å². The number of ether oxygens (including phenoxy) is 1. The third-order valence-corrected chi connectivity index (χ3v) is 5.02. The van der Waals surface area contributed by atoms with Gasteiger partial charge in [-0.15, -0.1) is 0 Å². The predicted octanol–water partition coefficient (Wildman–Crippen LogP) is 3.31. The van der Waals surface area contributed by atoms with Crippen LogP contribution in [0.2, 0.25) is 0 Å². The topological polar surface area (TPSA) is 42.4 Å². The molecule has 0 saturated carbocycles. The minimum atomic E-state index is -0.00919. The molecule has 0 bridgehead atoms. The molecule has 1 fully saturated rings. The highest BCUT2D eigenvalue weighted by Crippen LogP contribution is 2.22. The molecule has 3 rings (SSSR count). The highest BCUT2D eigenvalue weighted by Gasteiger charge is 2.24. The summed E-state index contributed by atoms with van der Waals surface area (Å²) >= 11 is 1.75. The first kappa shape index (κ1) is 17.0. The average Bonchev–Trinajstić information content (AvgIpc) is 2.67. The number of aromatic nitrogens is 1. The van der Waals surface area contributed by atoms with E-state index in [2.05, 4.69) is 17.1 Å². The summed E-state index contributed by atoms with van der Waals surface area (Å²) in [6, 6.07) is 16.0. The Kier molecular flexibility index (Phi) is 6.26. The number of thioether (sulfide) groups is 1. The third-order valence-electron chi connectivity index (χ3n) is 4.03. The van der Waals surface area contributed by atoms with Crippen LogP contribution < -0.4 is 0 Å². The van der Waals surface area contributed by atoms with Gasteiger partial charge in [0.05, 0.1) is 18.8 Å². The Hall–Kier alpha value is -1.85. The van der Waals surface area contributed by atoms with E-state index < -0.39 is 0 Å². The summed E-state index contributed by atoms with van der Waals surface area (Å²) in [5, 5.41) is 0. The van der Waals surface area contributed by atoms with Crippen molar-refractivity contribution in [1.29, 1.82) is 0 Å². The molecule has 2 aromatic rings. The Bertz CT molecular complexity index is 636. The van der Waals surface area contributed by atoms with Crippen LogP contribution >= 0.6 is 11.8 Å². The van der Waals surface area contributed by atoms with Gasteiger partial charge >= 0.3 is 0 Å². The molecule has 1 amide bonds. The van der Waals surface area contributed by atoms with Crippen molar-refractivity contribution in [1.82, 2.24) is 9.88 Å². The second-order valence-corrected chi connectivity index (χ2v) is 6.84. The van der Waals surface area contributed by atoms with Crippen LogP contribution in [0.25, 0.3) is 0 Å². The van der Waals surface area contributed by atoms with Gasteiger partial charge in [-0.05, 0) is 17.7 Å². The summed E-state index contributed by atoms with van der Waals surface area (Å²) < 4.78 is 5.82. The summed E-state index contributed by atoms with van der Waals surface area (Å²) in [6.45, 7) is 1.94. The van der Waals surface area contributed by atoms with Gasteiger partial charge in [-0.3, -0.25) is 9.78 Å². The number of carbonyl (C=O) groups is 1. The fraction of sp³-hybridized carbons (Fsp3) is 0.368. The van der Waals surface area contributed by atoms with E-state index in [0.29, 0.717) is 26.1 Å². The van der Waals surface area contributed by atoms with Gasteiger partial charge in [0.25, 0.3) is 0 Å². The lowest BCUT2D eigenvalue weighted by molar-refractivity contribution is -0.138. The number of rotatable bonds is 6. The zero-order valence-electron chi connectivity index (χ0n) is 13.6. The molecule has 126 valence electrons. The molecule has 1 atom stereocenters. The number of benzene rings is 1. The summed E-state index contributed by atoms with van der Waals surface area (Å²) in [6.07, 6.45) is 2.36. The molecular formula is C19H22N2O2S. The number of nitrogens with zero attached hydrogens (tertiary/aromatic N) is 2. The van der Waals surface area contributed by atoms with Crippen LogP contribution in [0.4, 0.5) is 0 Å². The molecule has 1 aromatic carbocycles. The Labute approximate surface area is 147 Å². The highest BCUT2D eigenvalue weighted by molar-refractivity contribution is 7.98. The van der Waals surface area contributed by atoms with E-state index in [-0.39, 0.29) is 12.0 Å². The van der Waals surface area contributed by atoms with Crippen LogP contribution in [-0.2, 0) is 15.3 Å². The van der Waals surface area contributed by atoms with Crippen molar-refractivity contribution in [3.05, 3.63) is 66.0 Å². The molecule has 1 aliphatic heterocycles. The molecule has 0 spiro atoms. The van der Waals surface area contributed by atoms with Crippen LogP contribution in [0.3, 0.4) is 0 Å². The molecule has 4 nitrogen and oxygen atoms in total. The lowest BCUT2D eigenvalue weighted by Crippen LogP contribution is -2.42. The third kappa shape index (κ3) is 4.82. The number of hydrogen-bond acceptors (Lipinski definition) is 4. The zero-order valence-corrected chi connectivity index (χ0v) is 14.5. The molecule has 0 N–H and O–H groups in total. The predicted molar refractivity (Wildman–Crippen MR) is 96.7 cm³/mol. The van der Waals surface area contributed by atoms with Gasteiger partial charge in [0, 0.05) is 30.7 Å². The molecule has 1 aliphatic rings. The Morgan fingerprint density at radius 1 is 1.21 bits per heavy atom. The molecule has 1 aromatic heterocycles. The maximum absolute atomic E-state index is 12.4. The van der Waals surface area contributed by atoms with Crippen molar-refractivity contribution in [3.8, 4) is 0 Å². The quantitative estimate of drug-likeness (QED) is 0.756. The molecule has 24 heavy (non-hydrogen) atoms. The van der Waals surface area contributed by atoms with Gasteiger partial charge in [0.2, 0.25) is 5.91 Å². The van der Waals surface area contributed by atoms with E-state index in [9.17, 15) is 4.79 Å². The van der Waals surface area contributed by atoms with E-state index in [0.717, 1.165) is 22.8 Å². The van der Waals surface area contributed by atoms with Crippen LogP contribution in [0.5, 0.6) is 0 Å². The number of morpholine rings is 1. The first-order chi connectivity index (χ1) is 11.8. The fourth-order valence-electron chi connectivity index (χ4n) is 2.72. The van der Waals surface area contributed by atoms with Crippen molar-refractivity contribution in [2.45, 2.75) is 18.3 Å². The van der Waals surface area contributed by atoms with Gasteiger partial charge in [-0.1, -0.05) is 36.4 Å². The molecule has 1 saturated heterocycles. The summed E-state index contributed by atoms with van der Waals surface area (Å²) in [4.78, 5) is 18.7. The second-order valence-electron chi connectivity index (χ2n) is 5.73. The molecular weight excluding hydrogens is 320 g/mol. The minimum Gasteiger partial charge on any atom is -0.370 e. The van der Waals surface area contributed by atoms with E-state index >= 15 is 0 Å². The van der Waals surface area contributed by atoms with Gasteiger partial charge in [-0.2, -0.15) is 11.8 Å². The SMILES string of the molecule is O=C(CCSCc1ccccn1)N1CCO[C@H](c2ccccc2)C1. The molecule has 2 heterocycles. The average molecular weight is 342 g/mol. The number of pyridine rings is 1. The normalized spacial score (nSPS) is 17.7. The number of carbonyl (C=O) groups excluding carboxylic acids is 1. The van der Waals surface area contributed by atoms with Gasteiger partial charge in [0.1, 0.15) is 6.10 Å². The van der Waals surface area contributed by atoms with Gasteiger partial charge < -0.3 is 9.64 Å². The van der Waals surface area contributed by atoms with E-state index in [1.165, 1.54) is 0 Å². The standard InChI is InChI=1S/C19H22N2O2S/c22-19(9-13-24-15-17-8-4-5-10-20-17)21-11-12-23-18(14-21)16-6-2-1-3-7-16/h1-8,10,18H,9,11-15H2/t18-/m0/s1. The largest absolute Gasteiger partial charge is 0.370 e. The monoisotopic (exact) mass is 342 g/mol. The minimum absolute atomic E-state index is 0.00919. The van der Waals surface area contributed by atoms with Crippen LogP contribution in [0.1, 0.15) is 23.8 Å². The number of amides is 1. The summed E-state index contributed by atoms with van der Waals surface area (Å²) in [5.41, 5.74) is 2.20. The van der Waals surface area contributed by atoms with Crippen LogP contribution in [0, 0.1) is 0 Å². The zero-order chi connectivity index (χ0) is 16.6. The molecule has 5 heteroatoms. The van der Waals surface area contributed by atoms with E-state index in [4.69, 9.17) is 4.74 Å².